The average Bonchev–Trinajstić information content (AvgIpc) is 2.80. The summed E-state index contributed by atoms with van der Waals surface area (Å²) in [7, 11) is -0.905. The van der Waals surface area contributed by atoms with Gasteiger partial charge in [0.05, 0.1) is 25.4 Å². The summed E-state index contributed by atoms with van der Waals surface area (Å²) in [6, 6.07) is 13.5. The highest BCUT2D eigenvalue weighted by Crippen LogP contribution is 2.34. The van der Waals surface area contributed by atoms with Crippen molar-refractivity contribution in [2.24, 2.45) is 5.50 Å². The quantitative estimate of drug-likeness (QED) is 0.182. The number of ether oxygens (including phenoxy) is 2. The van der Waals surface area contributed by atoms with E-state index in [1.165, 1.54) is 0 Å². The van der Waals surface area contributed by atoms with Crippen molar-refractivity contribution in [1.29, 1.82) is 0 Å². The van der Waals surface area contributed by atoms with Gasteiger partial charge in [0, 0.05) is 18.0 Å². The third kappa shape index (κ3) is 7.86. The van der Waals surface area contributed by atoms with Gasteiger partial charge in [-0.2, -0.15) is 5.48 Å². The Labute approximate surface area is 200 Å². The maximum atomic E-state index is 10.1. The molecule has 0 spiro atoms. The molecular weight excluding hydrogens is 467 g/mol. The van der Waals surface area contributed by atoms with Crippen molar-refractivity contribution >= 4 is 19.9 Å². The lowest BCUT2D eigenvalue weighted by molar-refractivity contribution is -0.181. The highest BCUT2D eigenvalue weighted by atomic mass is 35.5. The number of nitrogens with two attached hydrogens (primary N) is 1. The molecule has 10 heteroatoms. The fraction of sp³-hybridized carbons (Fsp3) is 0.478. The number of hydrogen-bond acceptors (Lipinski definition) is 8. The molecule has 2 aromatic rings. The van der Waals surface area contributed by atoms with Gasteiger partial charge in [-0.3, -0.25) is 10.1 Å². The van der Waals surface area contributed by atoms with Gasteiger partial charge >= 0.3 is 0 Å². The van der Waals surface area contributed by atoms with Gasteiger partial charge in [-0.25, -0.2) is 0 Å². The van der Waals surface area contributed by atoms with E-state index in [1.807, 2.05) is 49.1 Å². The van der Waals surface area contributed by atoms with Gasteiger partial charge < -0.3 is 24.8 Å². The smallest absolute Gasteiger partial charge is 0.120 e. The molecule has 0 aliphatic carbocycles. The molecule has 0 amide bonds. The first-order valence-corrected chi connectivity index (χ1v) is 13.0. The van der Waals surface area contributed by atoms with Crippen LogP contribution in [0.1, 0.15) is 35.6 Å². The maximum absolute atomic E-state index is 10.1. The molecule has 0 radical (unpaired) electrons. The fourth-order valence-corrected chi connectivity index (χ4v) is 4.13. The van der Waals surface area contributed by atoms with E-state index in [2.05, 4.69) is 5.48 Å². The molecule has 3 rings (SSSR count). The Balaban J connectivity index is 1.56. The highest BCUT2D eigenvalue weighted by Gasteiger charge is 2.37. The Morgan fingerprint density at radius 2 is 1.97 bits per heavy atom. The molecule has 5 atom stereocenters. The van der Waals surface area contributed by atoms with Crippen LogP contribution in [0.25, 0.3) is 0 Å². The number of nitrogens with one attached hydrogen (secondary N) is 1. The minimum absolute atomic E-state index is 0.249. The van der Waals surface area contributed by atoms with E-state index in [4.69, 9.17) is 31.2 Å². The van der Waals surface area contributed by atoms with Gasteiger partial charge in [-0.05, 0) is 54.4 Å². The van der Waals surface area contributed by atoms with Crippen LogP contribution in [0.15, 0.2) is 42.5 Å². The third-order valence-corrected chi connectivity index (χ3v) is 6.20. The molecule has 0 bridgehead atoms. The molecule has 0 aromatic heterocycles. The molecule has 0 saturated carbocycles. The Morgan fingerprint density at radius 3 is 2.67 bits per heavy atom. The second kappa shape index (κ2) is 13.0. The number of hydroxylamine groups is 1. The lowest BCUT2D eigenvalue weighted by Gasteiger charge is -2.36. The van der Waals surface area contributed by atoms with E-state index >= 15 is 0 Å². The van der Waals surface area contributed by atoms with Crippen LogP contribution in [0, 0.1) is 0 Å². The van der Waals surface area contributed by atoms with E-state index in [0.717, 1.165) is 28.9 Å². The predicted molar refractivity (Wildman–Crippen MR) is 128 cm³/mol. The Morgan fingerprint density at radius 1 is 1.21 bits per heavy atom. The van der Waals surface area contributed by atoms with Crippen LogP contribution >= 0.6 is 19.9 Å². The lowest BCUT2D eigenvalue weighted by atomic mass is 9.92. The minimum Gasteiger partial charge on any atom is -0.494 e. The Kier molecular flexibility index (Phi) is 10.3. The fourth-order valence-electron chi connectivity index (χ4n) is 3.65. The zero-order valence-electron chi connectivity index (χ0n) is 18.6. The van der Waals surface area contributed by atoms with Crippen molar-refractivity contribution in [2.75, 3.05) is 26.4 Å². The summed E-state index contributed by atoms with van der Waals surface area (Å²) in [6.07, 6.45) is -1.65. The first kappa shape index (κ1) is 26.3. The van der Waals surface area contributed by atoms with Crippen molar-refractivity contribution in [2.45, 2.75) is 43.7 Å². The molecule has 1 fully saturated rings. The molecule has 1 aliphatic rings. The summed E-state index contributed by atoms with van der Waals surface area (Å²) >= 11 is 6.44. The summed E-state index contributed by atoms with van der Waals surface area (Å²) in [5.41, 5.74) is 11.2. The van der Waals surface area contributed by atoms with E-state index in [9.17, 15) is 15.3 Å². The minimum atomic E-state index is -1.10. The first-order valence-electron chi connectivity index (χ1n) is 10.9. The molecular formula is C23H32ClN2O6P. The van der Waals surface area contributed by atoms with Gasteiger partial charge in [0.15, 0.2) is 0 Å². The zero-order chi connectivity index (χ0) is 23.8. The normalized spacial score (nSPS) is 23.9. The summed E-state index contributed by atoms with van der Waals surface area (Å²) in [6.45, 7) is 2.68. The third-order valence-electron chi connectivity index (χ3n) is 5.41. The van der Waals surface area contributed by atoms with E-state index in [1.54, 1.807) is 0 Å². The van der Waals surface area contributed by atoms with Crippen LogP contribution in [0.4, 0.5) is 0 Å². The van der Waals surface area contributed by atoms with E-state index < -0.39 is 32.7 Å². The van der Waals surface area contributed by atoms with E-state index in [0.29, 0.717) is 24.6 Å². The standard InChI is InChI=1S/C23H32ClN2O6P/c1-33(25)32-26-9-2-10-30-18-6-3-15(4-7-18)11-17-12-16(5-8-19(17)24)21-13-20(28)23(29)22(14-27)31-21/h3-8,12,20-23,26-29H,2,9-11,13-14,25H2,1H3/t20?,21?,22?,23-,33?/m0/s1. The highest BCUT2D eigenvalue weighted by molar-refractivity contribution is 7.48. The Hall–Kier alpha value is -1.32. The summed E-state index contributed by atoms with van der Waals surface area (Å²) in [5.74, 6) is 0.786. The van der Waals surface area contributed by atoms with Crippen molar-refractivity contribution in [3.05, 3.63) is 64.2 Å². The summed E-state index contributed by atoms with van der Waals surface area (Å²) < 4.78 is 16.7. The average molecular weight is 499 g/mol. The van der Waals surface area contributed by atoms with Gasteiger partial charge in [0.1, 0.15) is 26.3 Å². The van der Waals surface area contributed by atoms with Crippen LogP contribution in [0.2, 0.25) is 5.02 Å². The molecule has 182 valence electrons. The van der Waals surface area contributed by atoms with Crippen molar-refractivity contribution in [1.82, 2.24) is 5.48 Å². The first-order chi connectivity index (χ1) is 15.9. The maximum Gasteiger partial charge on any atom is 0.120 e. The van der Waals surface area contributed by atoms with Crippen molar-refractivity contribution < 1.29 is 29.4 Å². The number of aliphatic hydroxyl groups excluding tert-OH is 3. The van der Waals surface area contributed by atoms with Crippen LogP contribution in [0.5, 0.6) is 5.75 Å². The van der Waals surface area contributed by atoms with Crippen LogP contribution in [-0.4, -0.2) is 60.1 Å². The molecule has 1 aliphatic heterocycles. The Bertz CT molecular complexity index is 873. The summed E-state index contributed by atoms with van der Waals surface area (Å²) in [4.78, 5) is 0. The number of benzene rings is 2. The van der Waals surface area contributed by atoms with Crippen LogP contribution in [-0.2, 0) is 15.8 Å². The lowest BCUT2D eigenvalue weighted by Crippen LogP contribution is -2.47. The molecule has 2 aromatic carbocycles. The summed E-state index contributed by atoms with van der Waals surface area (Å²) in [5, 5.41) is 30.1. The second-order valence-electron chi connectivity index (χ2n) is 8.04. The number of halogens is 1. The molecule has 1 saturated heterocycles. The molecule has 1 heterocycles. The number of rotatable bonds is 11. The molecule has 4 unspecified atom stereocenters. The number of hydrogen-bond donors (Lipinski definition) is 5. The van der Waals surface area contributed by atoms with Crippen molar-refractivity contribution in [3.63, 3.8) is 0 Å². The van der Waals surface area contributed by atoms with Gasteiger partial charge in [-0.15, -0.1) is 0 Å². The monoisotopic (exact) mass is 498 g/mol. The van der Waals surface area contributed by atoms with Gasteiger partial charge in [0.2, 0.25) is 0 Å². The molecule has 33 heavy (non-hydrogen) atoms. The van der Waals surface area contributed by atoms with E-state index in [-0.39, 0.29) is 13.0 Å². The van der Waals surface area contributed by atoms with Crippen molar-refractivity contribution in [3.8, 4) is 5.75 Å². The second-order valence-corrected chi connectivity index (χ2v) is 9.73. The van der Waals surface area contributed by atoms with Gasteiger partial charge in [-0.1, -0.05) is 35.9 Å². The van der Waals surface area contributed by atoms with Crippen LogP contribution < -0.4 is 15.7 Å². The van der Waals surface area contributed by atoms with Gasteiger partial charge in [0.25, 0.3) is 0 Å². The predicted octanol–water partition coefficient (Wildman–Crippen LogP) is 2.67. The number of aliphatic hydroxyl groups is 3. The molecule has 6 N–H and O–H groups in total. The van der Waals surface area contributed by atoms with Crippen LogP contribution in [0.3, 0.4) is 0 Å². The molecule has 8 nitrogen and oxygen atoms in total. The largest absolute Gasteiger partial charge is 0.494 e. The topological polar surface area (TPSA) is 126 Å². The zero-order valence-corrected chi connectivity index (χ0v) is 20.2. The SMILES string of the molecule is CP(N)ONCCCOc1ccc(Cc2cc(C3CC(O)[C@H](O)C(CO)O3)ccc2Cl)cc1.